The van der Waals surface area contributed by atoms with Gasteiger partial charge in [-0.2, -0.15) is 0 Å². The molecule has 1 unspecified atom stereocenters. The Morgan fingerprint density at radius 2 is 2.29 bits per heavy atom. The molecule has 0 aliphatic heterocycles. The fraction of sp³-hybridized carbons (Fsp3) is 0.231. The highest BCUT2D eigenvalue weighted by atomic mass is 32.1. The third kappa shape index (κ3) is 3.99. The Morgan fingerprint density at radius 3 is 2.95 bits per heavy atom. The zero-order valence-electron chi connectivity index (χ0n) is 11.0. The summed E-state index contributed by atoms with van der Waals surface area (Å²) in [5.74, 6) is -1.03. The average molecular weight is 308 g/mol. The van der Waals surface area contributed by atoms with Gasteiger partial charge in [-0.3, -0.25) is 10.0 Å². The van der Waals surface area contributed by atoms with Crippen LogP contribution in [0.5, 0.6) is 0 Å². The van der Waals surface area contributed by atoms with Gasteiger partial charge >= 0.3 is 5.97 Å². The van der Waals surface area contributed by atoms with E-state index in [1.807, 2.05) is 5.38 Å². The summed E-state index contributed by atoms with van der Waals surface area (Å²) in [6.07, 6.45) is 0.790. The molecular weight excluding hydrogens is 294 g/mol. The van der Waals surface area contributed by atoms with Crippen LogP contribution < -0.4 is 11.0 Å². The van der Waals surface area contributed by atoms with Crippen LogP contribution in [0.4, 0.5) is 5.69 Å². The number of carboxylic acids is 1. The number of benzene rings is 1. The summed E-state index contributed by atoms with van der Waals surface area (Å²) in [6, 6.07) is 5.52. The lowest BCUT2D eigenvalue weighted by Gasteiger charge is -2.21. The minimum absolute atomic E-state index is 0.120. The first-order chi connectivity index (χ1) is 9.97. The molecule has 1 aromatic carbocycles. The minimum Gasteiger partial charge on any atom is -0.733 e. The number of hydrogen-bond donors (Lipinski definition) is 3. The smallest absolute Gasteiger partial charge is 0.320 e. The second-order valence-corrected chi connectivity index (χ2v) is 5.38. The molecule has 112 valence electrons. The number of aliphatic carboxylic acids is 1. The maximum Gasteiger partial charge on any atom is 0.320 e. The number of anilines is 1. The van der Waals surface area contributed by atoms with Crippen LogP contribution in [0.2, 0.25) is 0 Å². The Bertz CT molecular complexity index is 629. The Kier molecular flexibility index (Phi) is 4.86. The molecule has 4 N–H and O–H groups in total. The summed E-state index contributed by atoms with van der Waals surface area (Å²) in [6.45, 7) is 0. The van der Waals surface area contributed by atoms with Gasteiger partial charge in [-0.1, -0.05) is 12.1 Å². The highest BCUT2D eigenvalue weighted by molar-refractivity contribution is 7.09. The minimum atomic E-state index is -1.03. The molecule has 2 rings (SSSR count). The van der Waals surface area contributed by atoms with Crippen molar-refractivity contribution < 1.29 is 15.1 Å². The predicted molar refractivity (Wildman–Crippen MR) is 79.1 cm³/mol. The maximum atomic E-state index is 10.9. The van der Waals surface area contributed by atoms with E-state index in [2.05, 4.69) is 4.98 Å². The molecule has 8 heteroatoms. The van der Waals surface area contributed by atoms with Crippen molar-refractivity contribution in [3.05, 3.63) is 39.9 Å². The van der Waals surface area contributed by atoms with Gasteiger partial charge in [-0.05, 0) is 18.6 Å². The van der Waals surface area contributed by atoms with Crippen molar-refractivity contribution in [2.45, 2.75) is 18.9 Å². The molecule has 1 heterocycles. The standard InChI is InChI=1S/C13H14N3O4S/c14-10(13(17)18)4-5-12-15-11(7-21-12)8-2-1-3-9(6-8)16(19)20/h1-3,6-7,10,19H,4-5,14H2,(H,17,18)/q-1. The van der Waals surface area contributed by atoms with Crippen LogP contribution in [0.3, 0.4) is 0 Å². The van der Waals surface area contributed by atoms with Gasteiger partial charge in [0.1, 0.15) is 6.04 Å². The predicted octanol–water partition coefficient (Wildman–Crippen LogP) is 1.85. The van der Waals surface area contributed by atoms with E-state index in [4.69, 9.17) is 16.0 Å². The average Bonchev–Trinajstić information content (AvgIpc) is 2.93. The number of thiazole rings is 1. The molecule has 0 radical (unpaired) electrons. The van der Waals surface area contributed by atoms with Crippen molar-refractivity contribution in [2.24, 2.45) is 5.73 Å². The SMILES string of the molecule is NC(CCc1nc(-c2cccc(N([O-])O)c2)cs1)C(=O)O. The summed E-state index contributed by atoms with van der Waals surface area (Å²) < 4.78 is 0. The van der Waals surface area contributed by atoms with Gasteiger partial charge in [0, 0.05) is 17.4 Å². The van der Waals surface area contributed by atoms with Crippen LogP contribution in [0.1, 0.15) is 11.4 Å². The lowest BCUT2D eigenvalue weighted by molar-refractivity contribution is -0.138. The number of carbonyl (C=O) groups is 1. The fourth-order valence-corrected chi connectivity index (χ4v) is 2.57. The summed E-state index contributed by atoms with van der Waals surface area (Å²) in [4.78, 5) is 15.0. The Morgan fingerprint density at radius 1 is 1.52 bits per heavy atom. The second kappa shape index (κ2) is 6.64. The first kappa shape index (κ1) is 15.4. The van der Waals surface area contributed by atoms with Crippen LogP contribution in [-0.2, 0) is 11.2 Å². The van der Waals surface area contributed by atoms with Gasteiger partial charge in [0.05, 0.1) is 16.4 Å². The summed E-state index contributed by atoms with van der Waals surface area (Å²) in [5.41, 5.74) is 6.94. The molecule has 0 aliphatic carbocycles. The number of aryl methyl sites for hydroxylation is 1. The Balaban J connectivity index is 2.09. The van der Waals surface area contributed by atoms with E-state index in [1.54, 1.807) is 12.1 Å². The third-order valence-electron chi connectivity index (χ3n) is 2.90. The van der Waals surface area contributed by atoms with E-state index < -0.39 is 12.0 Å². The number of carboxylic acid groups (broad SMARTS) is 1. The number of nitrogens with zero attached hydrogens (tertiary/aromatic N) is 2. The normalized spacial score (nSPS) is 12.1. The van der Waals surface area contributed by atoms with Crippen molar-refractivity contribution in [3.8, 4) is 11.3 Å². The van der Waals surface area contributed by atoms with E-state index in [0.29, 0.717) is 24.1 Å². The van der Waals surface area contributed by atoms with E-state index in [0.717, 1.165) is 5.01 Å². The first-order valence-corrected chi connectivity index (χ1v) is 7.04. The molecule has 7 nitrogen and oxygen atoms in total. The summed E-state index contributed by atoms with van der Waals surface area (Å²) in [5, 5.41) is 30.9. The molecule has 1 atom stereocenters. The van der Waals surface area contributed by atoms with Crippen molar-refractivity contribution in [1.82, 2.24) is 4.98 Å². The van der Waals surface area contributed by atoms with Gasteiger partial charge in [0.15, 0.2) is 0 Å². The lowest BCUT2D eigenvalue weighted by Crippen LogP contribution is -2.30. The van der Waals surface area contributed by atoms with Gasteiger partial charge in [-0.25, -0.2) is 4.98 Å². The van der Waals surface area contributed by atoms with Gasteiger partial charge in [0.25, 0.3) is 0 Å². The van der Waals surface area contributed by atoms with Crippen LogP contribution in [0.15, 0.2) is 29.6 Å². The molecule has 0 amide bonds. The van der Waals surface area contributed by atoms with Crippen LogP contribution in [0.25, 0.3) is 11.3 Å². The number of hydrogen-bond acceptors (Lipinski definition) is 7. The number of nitrogens with two attached hydrogens (primary N) is 1. The van der Waals surface area contributed by atoms with Crippen molar-refractivity contribution in [3.63, 3.8) is 0 Å². The van der Waals surface area contributed by atoms with E-state index in [1.165, 1.54) is 23.5 Å². The largest absolute Gasteiger partial charge is 0.733 e. The molecule has 2 aromatic rings. The van der Waals surface area contributed by atoms with Crippen molar-refractivity contribution >= 4 is 23.0 Å². The Hall–Kier alpha value is -2.00. The molecule has 0 saturated carbocycles. The van der Waals surface area contributed by atoms with Gasteiger partial charge in [-0.15, -0.1) is 11.3 Å². The zero-order chi connectivity index (χ0) is 15.4. The zero-order valence-corrected chi connectivity index (χ0v) is 11.8. The van der Waals surface area contributed by atoms with E-state index in [9.17, 15) is 10.0 Å². The molecule has 0 bridgehead atoms. The highest BCUT2D eigenvalue weighted by Gasteiger charge is 2.13. The molecule has 0 fully saturated rings. The van der Waals surface area contributed by atoms with Crippen LogP contribution in [-0.4, -0.2) is 27.3 Å². The third-order valence-corrected chi connectivity index (χ3v) is 3.81. The molecule has 21 heavy (non-hydrogen) atoms. The van der Waals surface area contributed by atoms with E-state index >= 15 is 0 Å². The number of aromatic nitrogens is 1. The first-order valence-electron chi connectivity index (χ1n) is 6.16. The fourth-order valence-electron chi connectivity index (χ4n) is 1.74. The van der Waals surface area contributed by atoms with Gasteiger partial charge in [0.2, 0.25) is 0 Å². The quantitative estimate of drug-likeness (QED) is 0.696. The lowest BCUT2D eigenvalue weighted by atomic mass is 10.1. The monoisotopic (exact) mass is 308 g/mol. The van der Waals surface area contributed by atoms with Crippen molar-refractivity contribution in [2.75, 3.05) is 5.23 Å². The Labute approximate surface area is 124 Å². The van der Waals surface area contributed by atoms with Crippen LogP contribution >= 0.6 is 11.3 Å². The highest BCUT2D eigenvalue weighted by Crippen LogP contribution is 2.26. The molecule has 0 saturated heterocycles. The molecule has 0 aliphatic rings. The summed E-state index contributed by atoms with van der Waals surface area (Å²) in [7, 11) is 0. The molecule has 1 aromatic heterocycles. The molecular formula is C13H14N3O4S-. The summed E-state index contributed by atoms with van der Waals surface area (Å²) >= 11 is 1.40. The second-order valence-electron chi connectivity index (χ2n) is 4.43. The maximum absolute atomic E-state index is 10.9. The molecule has 0 spiro atoms. The topological polar surface area (TPSA) is 123 Å². The van der Waals surface area contributed by atoms with Crippen LogP contribution in [0, 0.1) is 5.21 Å². The van der Waals surface area contributed by atoms with E-state index in [-0.39, 0.29) is 10.9 Å². The number of rotatable bonds is 6. The van der Waals surface area contributed by atoms with Crippen molar-refractivity contribution in [1.29, 1.82) is 0 Å². The van der Waals surface area contributed by atoms with Gasteiger partial charge < -0.3 is 21.3 Å².